The Morgan fingerprint density at radius 1 is 1.12 bits per heavy atom. The topological polar surface area (TPSA) is 66.5 Å². The van der Waals surface area contributed by atoms with E-state index in [2.05, 4.69) is 0 Å². The van der Waals surface area contributed by atoms with Crippen LogP contribution in [0.5, 0.6) is 0 Å². The van der Waals surface area contributed by atoms with Crippen molar-refractivity contribution in [2.75, 3.05) is 14.1 Å². The molecule has 0 aliphatic heterocycles. The minimum absolute atomic E-state index is 0.0701. The van der Waals surface area contributed by atoms with E-state index in [0.717, 1.165) is 30.3 Å². The SMILES string of the molecule is CN(C)C(=O)c1ccc(S(=O)(=O)NC(c2ccc(F)cc2)C(F)(F)F)s1. The van der Waals surface area contributed by atoms with Crippen LogP contribution in [0.2, 0.25) is 0 Å². The molecule has 0 saturated heterocycles. The molecule has 1 amide bonds. The van der Waals surface area contributed by atoms with Crippen molar-refractivity contribution >= 4 is 27.3 Å². The van der Waals surface area contributed by atoms with Gasteiger partial charge in [-0.15, -0.1) is 11.3 Å². The lowest BCUT2D eigenvalue weighted by molar-refractivity contribution is -0.153. The largest absolute Gasteiger partial charge is 0.408 e. The van der Waals surface area contributed by atoms with E-state index in [1.165, 1.54) is 25.1 Å². The quantitative estimate of drug-likeness (QED) is 0.770. The van der Waals surface area contributed by atoms with Crippen molar-refractivity contribution in [3.8, 4) is 0 Å². The zero-order valence-corrected chi connectivity index (χ0v) is 15.2. The van der Waals surface area contributed by atoms with E-state index >= 15 is 0 Å². The molecule has 0 fully saturated rings. The molecule has 1 N–H and O–H groups in total. The number of benzene rings is 1. The monoisotopic (exact) mass is 410 g/mol. The number of carbonyl (C=O) groups is 1. The fraction of sp³-hybridized carbons (Fsp3) is 0.267. The average molecular weight is 410 g/mol. The van der Waals surface area contributed by atoms with Gasteiger partial charge in [0.05, 0.1) is 4.88 Å². The molecular weight excluding hydrogens is 396 g/mol. The standard InChI is InChI=1S/C15H14F4N2O3S2/c1-21(2)14(22)11-7-8-12(25-11)26(23,24)20-13(15(17,18)19)9-3-5-10(16)6-4-9/h3-8,13,20H,1-2H3. The summed E-state index contributed by atoms with van der Waals surface area (Å²) in [5.74, 6) is -1.22. The Morgan fingerprint density at radius 2 is 1.69 bits per heavy atom. The van der Waals surface area contributed by atoms with Crippen LogP contribution < -0.4 is 4.72 Å². The number of carbonyl (C=O) groups excluding carboxylic acids is 1. The molecule has 2 aromatic rings. The first kappa shape index (κ1) is 20.3. The zero-order chi connectivity index (χ0) is 19.7. The van der Waals surface area contributed by atoms with Crippen molar-refractivity contribution in [3.05, 3.63) is 52.7 Å². The molecule has 1 atom stereocenters. The van der Waals surface area contributed by atoms with Gasteiger partial charge in [0, 0.05) is 14.1 Å². The van der Waals surface area contributed by atoms with Crippen LogP contribution in [0.3, 0.4) is 0 Å². The molecule has 1 unspecified atom stereocenters. The third-order valence-corrected chi connectivity index (χ3v) is 6.25. The van der Waals surface area contributed by atoms with E-state index in [1.54, 1.807) is 4.72 Å². The Labute approximate surface area is 151 Å². The normalized spacial score (nSPS) is 13.5. The highest BCUT2D eigenvalue weighted by molar-refractivity contribution is 7.91. The van der Waals surface area contributed by atoms with Crippen molar-refractivity contribution in [2.24, 2.45) is 0 Å². The molecule has 0 aliphatic carbocycles. The van der Waals surface area contributed by atoms with Crippen LogP contribution >= 0.6 is 11.3 Å². The van der Waals surface area contributed by atoms with Crippen molar-refractivity contribution in [1.29, 1.82) is 0 Å². The van der Waals surface area contributed by atoms with Gasteiger partial charge < -0.3 is 4.90 Å². The third-order valence-electron chi connectivity index (χ3n) is 3.27. The van der Waals surface area contributed by atoms with Crippen LogP contribution in [0.15, 0.2) is 40.6 Å². The van der Waals surface area contributed by atoms with Crippen molar-refractivity contribution < 1.29 is 30.8 Å². The van der Waals surface area contributed by atoms with Crippen molar-refractivity contribution in [2.45, 2.75) is 16.4 Å². The number of rotatable bonds is 5. The molecule has 1 heterocycles. The number of alkyl halides is 3. The number of nitrogens with one attached hydrogen (secondary N) is 1. The van der Waals surface area contributed by atoms with E-state index in [1.807, 2.05) is 0 Å². The summed E-state index contributed by atoms with van der Waals surface area (Å²) in [6.45, 7) is 0. The van der Waals surface area contributed by atoms with Gasteiger partial charge in [-0.2, -0.15) is 17.9 Å². The molecule has 1 aromatic heterocycles. The predicted molar refractivity (Wildman–Crippen MR) is 87.9 cm³/mol. The molecule has 26 heavy (non-hydrogen) atoms. The summed E-state index contributed by atoms with van der Waals surface area (Å²) >= 11 is 0.557. The van der Waals surface area contributed by atoms with Crippen LogP contribution in [0.1, 0.15) is 21.3 Å². The van der Waals surface area contributed by atoms with E-state index in [0.29, 0.717) is 11.3 Å². The van der Waals surface area contributed by atoms with Gasteiger partial charge in [0.15, 0.2) is 0 Å². The number of sulfonamides is 1. The maximum atomic E-state index is 13.3. The van der Waals surface area contributed by atoms with Crippen molar-refractivity contribution in [3.63, 3.8) is 0 Å². The number of amides is 1. The summed E-state index contributed by atoms with van der Waals surface area (Å²) in [5.41, 5.74) is -0.455. The van der Waals surface area contributed by atoms with E-state index < -0.39 is 43.7 Å². The number of thiophene rings is 1. The minimum atomic E-state index is -4.94. The molecule has 0 bridgehead atoms. The third kappa shape index (κ3) is 4.59. The van der Waals surface area contributed by atoms with Gasteiger partial charge >= 0.3 is 6.18 Å². The molecule has 0 radical (unpaired) electrons. The Morgan fingerprint density at radius 3 is 2.19 bits per heavy atom. The van der Waals surface area contributed by atoms with Gasteiger partial charge in [0.25, 0.3) is 15.9 Å². The van der Waals surface area contributed by atoms with Crippen molar-refractivity contribution in [1.82, 2.24) is 9.62 Å². The molecule has 0 aliphatic rings. The van der Waals surface area contributed by atoms with Gasteiger partial charge in [-0.1, -0.05) is 12.1 Å². The predicted octanol–water partition coefficient (Wildman–Crippen LogP) is 3.17. The number of halogens is 4. The highest BCUT2D eigenvalue weighted by atomic mass is 32.2. The summed E-state index contributed by atoms with van der Waals surface area (Å²) in [5, 5.41) is 0. The van der Waals surface area contributed by atoms with Gasteiger partial charge in [-0.25, -0.2) is 12.8 Å². The van der Waals surface area contributed by atoms with Crippen LogP contribution in [-0.2, 0) is 10.0 Å². The molecule has 0 saturated carbocycles. The highest BCUT2D eigenvalue weighted by Crippen LogP contribution is 2.35. The number of hydrogen-bond acceptors (Lipinski definition) is 4. The highest BCUT2D eigenvalue weighted by Gasteiger charge is 2.43. The van der Waals surface area contributed by atoms with Crippen LogP contribution in [-0.4, -0.2) is 39.5 Å². The van der Waals surface area contributed by atoms with Gasteiger partial charge in [0.1, 0.15) is 16.1 Å². The summed E-state index contributed by atoms with van der Waals surface area (Å²) in [4.78, 5) is 13.1. The Kier molecular flexibility index (Phi) is 5.73. The minimum Gasteiger partial charge on any atom is -0.344 e. The summed E-state index contributed by atoms with van der Waals surface area (Å²) in [6.07, 6.45) is -4.94. The van der Waals surface area contributed by atoms with Crippen LogP contribution in [0.25, 0.3) is 0 Å². The smallest absolute Gasteiger partial charge is 0.344 e. The summed E-state index contributed by atoms with van der Waals surface area (Å²) in [7, 11) is -1.63. The first-order chi connectivity index (χ1) is 11.9. The fourth-order valence-corrected chi connectivity index (χ4v) is 4.55. The lowest BCUT2D eigenvalue weighted by Crippen LogP contribution is -2.37. The lowest BCUT2D eigenvalue weighted by Gasteiger charge is -2.21. The molecular formula is C15H14F4N2O3S2. The molecule has 0 spiro atoms. The second kappa shape index (κ2) is 7.33. The van der Waals surface area contributed by atoms with Crippen LogP contribution in [0.4, 0.5) is 17.6 Å². The molecule has 1 aromatic carbocycles. The fourth-order valence-electron chi connectivity index (χ4n) is 1.99. The number of nitrogens with zero attached hydrogens (tertiary/aromatic N) is 1. The maximum Gasteiger partial charge on any atom is 0.408 e. The van der Waals surface area contributed by atoms with Gasteiger partial charge in [0.2, 0.25) is 0 Å². The van der Waals surface area contributed by atoms with Gasteiger partial charge in [-0.05, 0) is 29.8 Å². The first-order valence-electron chi connectivity index (χ1n) is 7.08. The molecule has 11 heteroatoms. The zero-order valence-electron chi connectivity index (χ0n) is 13.5. The first-order valence-corrected chi connectivity index (χ1v) is 9.38. The molecule has 2 rings (SSSR count). The van der Waals surface area contributed by atoms with Gasteiger partial charge in [-0.3, -0.25) is 4.79 Å². The average Bonchev–Trinajstić information content (AvgIpc) is 3.02. The Balaban J connectivity index is 2.35. The second-order valence-electron chi connectivity index (χ2n) is 5.47. The van der Waals surface area contributed by atoms with Crippen LogP contribution in [0, 0.1) is 5.82 Å². The summed E-state index contributed by atoms with van der Waals surface area (Å²) in [6, 6.07) is 3.05. The second-order valence-corrected chi connectivity index (χ2v) is 8.49. The Hall–Kier alpha value is -1.98. The molecule has 5 nitrogen and oxygen atoms in total. The molecule has 142 valence electrons. The van der Waals surface area contributed by atoms with E-state index in [-0.39, 0.29) is 4.88 Å². The Bertz CT molecular complexity index is 890. The van der Waals surface area contributed by atoms with E-state index in [9.17, 15) is 30.8 Å². The van der Waals surface area contributed by atoms with E-state index in [4.69, 9.17) is 0 Å². The lowest BCUT2D eigenvalue weighted by atomic mass is 10.1. The number of hydrogen-bond donors (Lipinski definition) is 1. The maximum absolute atomic E-state index is 13.3. The summed E-state index contributed by atoms with van der Waals surface area (Å²) < 4.78 is 78.7.